The van der Waals surface area contributed by atoms with Gasteiger partial charge in [0, 0.05) is 13.1 Å². The van der Waals surface area contributed by atoms with Crippen LogP contribution in [0.4, 0.5) is 0 Å². The zero-order chi connectivity index (χ0) is 14.8. The van der Waals surface area contributed by atoms with E-state index in [4.69, 9.17) is 4.74 Å². The molecule has 0 heterocycles. The number of hydrogen-bond acceptors (Lipinski definition) is 4. The fourth-order valence-electron chi connectivity index (χ4n) is 1.65. The number of nitrogens with one attached hydrogen (secondary N) is 2. The summed E-state index contributed by atoms with van der Waals surface area (Å²) in [5, 5.41) is 2.89. The van der Waals surface area contributed by atoms with E-state index in [9.17, 15) is 8.42 Å². The maximum Gasteiger partial charge on any atom is 0.240 e. The zero-order valence-corrected chi connectivity index (χ0v) is 14.2. The topological polar surface area (TPSA) is 67.4 Å². The van der Waals surface area contributed by atoms with Crippen molar-refractivity contribution in [2.45, 2.75) is 31.1 Å². The monoisotopic (exact) mass is 336 g/mol. The van der Waals surface area contributed by atoms with E-state index in [2.05, 4.69) is 17.0 Å². The molecule has 0 spiro atoms. The fraction of sp³-hybridized carbons (Fsp3) is 0.571. The standard InChI is InChI=1S/C14H24N2O3S.ClH/c1-3-4-5-12-19-13-6-8-14(9-7-13)20(17,18)16-11-10-15-2;/h6-9,15-16H,3-5,10-12H2,1-2H3;1H. The van der Waals surface area contributed by atoms with Gasteiger partial charge in [0.05, 0.1) is 11.5 Å². The molecule has 21 heavy (non-hydrogen) atoms. The third-order valence-corrected chi connectivity index (χ3v) is 4.29. The third kappa shape index (κ3) is 7.66. The van der Waals surface area contributed by atoms with E-state index in [-0.39, 0.29) is 17.3 Å². The molecule has 5 nitrogen and oxygen atoms in total. The minimum atomic E-state index is -3.42. The summed E-state index contributed by atoms with van der Waals surface area (Å²) in [6, 6.07) is 6.52. The molecule has 2 N–H and O–H groups in total. The lowest BCUT2D eigenvalue weighted by molar-refractivity contribution is 0.306. The van der Waals surface area contributed by atoms with E-state index in [1.807, 2.05) is 0 Å². The molecule has 0 fully saturated rings. The third-order valence-electron chi connectivity index (χ3n) is 2.82. The van der Waals surface area contributed by atoms with Gasteiger partial charge in [-0.1, -0.05) is 19.8 Å². The van der Waals surface area contributed by atoms with Gasteiger partial charge >= 0.3 is 0 Å². The van der Waals surface area contributed by atoms with Crippen molar-refractivity contribution in [3.05, 3.63) is 24.3 Å². The Balaban J connectivity index is 0.00000400. The molecule has 1 aromatic carbocycles. The molecule has 0 aliphatic rings. The van der Waals surface area contributed by atoms with Crippen LogP contribution < -0.4 is 14.8 Å². The second-order valence-corrected chi connectivity index (χ2v) is 6.30. The minimum Gasteiger partial charge on any atom is -0.494 e. The van der Waals surface area contributed by atoms with Crippen molar-refractivity contribution < 1.29 is 13.2 Å². The molecule has 1 rings (SSSR count). The Morgan fingerprint density at radius 1 is 1.10 bits per heavy atom. The lowest BCUT2D eigenvalue weighted by Crippen LogP contribution is -2.30. The van der Waals surface area contributed by atoms with Crippen LogP contribution >= 0.6 is 12.4 Å². The van der Waals surface area contributed by atoms with Crippen LogP contribution in [-0.2, 0) is 10.0 Å². The van der Waals surface area contributed by atoms with Gasteiger partial charge in [0.2, 0.25) is 10.0 Å². The van der Waals surface area contributed by atoms with Crippen molar-refractivity contribution in [3.63, 3.8) is 0 Å². The second-order valence-electron chi connectivity index (χ2n) is 4.53. The SMILES string of the molecule is CCCCCOc1ccc(S(=O)(=O)NCCNC)cc1.Cl. The molecule has 122 valence electrons. The van der Waals surface area contributed by atoms with Gasteiger partial charge in [-0.2, -0.15) is 0 Å². The Hall–Kier alpha value is -0.820. The largest absolute Gasteiger partial charge is 0.494 e. The van der Waals surface area contributed by atoms with Gasteiger partial charge in [0.25, 0.3) is 0 Å². The van der Waals surface area contributed by atoms with Gasteiger partial charge in [-0.15, -0.1) is 12.4 Å². The first kappa shape index (κ1) is 20.2. The molecule has 0 saturated carbocycles. The summed E-state index contributed by atoms with van der Waals surface area (Å²) in [6.07, 6.45) is 3.31. The molecule has 0 unspecified atom stereocenters. The van der Waals surface area contributed by atoms with Crippen LogP contribution in [0.5, 0.6) is 5.75 Å². The highest BCUT2D eigenvalue weighted by atomic mass is 35.5. The van der Waals surface area contributed by atoms with E-state index in [1.165, 1.54) is 0 Å². The number of halogens is 1. The van der Waals surface area contributed by atoms with E-state index in [1.54, 1.807) is 31.3 Å². The van der Waals surface area contributed by atoms with Gasteiger partial charge in [0.1, 0.15) is 5.75 Å². The summed E-state index contributed by atoms with van der Waals surface area (Å²) < 4.78 is 31.9. The van der Waals surface area contributed by atoms with Crippen LogP contribution in [0.1, 0.15) is 26.2 Å². The highest BCUT2D eigenvalue weighted by Crippen LogP contribution is 2.16. The first-order valence-electron chi connectivity index (χ1n) is 6.97. The number of likely N-dealkylation sites (N-methyl/N-ethyl adjacent to an activating group) is 1. The zero-order valence-electron chi connectivity index (χ0n) is 12.6. The lowest BCUT2D eigenvalue weighted by atomic mass is 10.3. The number of sulfonamides is 1. The van der Waals surface area contributed by atoms with Crippen molar-refractivity contribution in [1.29, 1.82) is 0 Å². The molecule has 0 saturated heterocycles. The average Bonchev–Trinajstić information content (AvgIpc) is 2.44. The Bertz CT molecular complexity index is 477. The molecule has 0 aliphatic heterocycles. The fourth-order valence-corrected chi connectivity index (χ4v) is 2.68. The Morgan fingerprint density at radius 3 is 2.33 bits per heavy atom. The van der Waals surface area contributed by atoms with Crippen molar-refractivity contribution in [3.8, 4) is 5.75 Å². The highest BCUT2D eigenvalue weighted by Gasteiger charge is 2.12. The van der Waals surface area contributed by atoms with Crippen LogP contribution in [0, 0.1) is 0 Å². The molecule has 7 heteroatoms. The summed E-state index contributed by atoms with van der Waals surface area (Å²) in [5.41, 5.74) is 0. The summed E-state index contributed by atoms with van der Waals surface area (Å²) in [7, 11) is -1.65. The Labute approximate surface area is 133 Å². The van der Waals surface area contributed by atoms with Crippen LogP contribution in [0.2, 0.25) is 0 Å². The molecule has 0 radical (unpaired) electrons. The normalized spacial score (nSPS) is 11.0. The molecule has 0 aromatic heterocycles. The van der Waals surface area contributed by atoms with Crippen molar-refractivity contribution in [2.75, 3.05) is 26.7 Å². The number of hydrogen-bond donors (Lipinski definition) is 2. The van der Waals surface area contributed by atoms with Gasteiger partial charge < -0.3 is 10.1 Å². The van der Waals surface area contributed by atoms with Gasteiger partial charge in [-0.3, -0.25) is 0 Å². The lowest BCUT2D eigenvalue weighted by Gasteiger charge is -2.08. The van der Waals surface area contributed by atoms with E-state index < -0.39 is 10.0 Å². The van der Waals surface area contributed by atoms with E-state index in [0.717, 1.165) is 19.3 Å². The van der Waals surface area contributed by atoms with E-state index >= 15 is 0 Å². The van der Waals surface area contributed by atoms with Crippen molar-refractivity contribution >= 4 is 22.4 Å². The quantitative estimate of drug-likeness (QED) is 0.643. The molecular weight excluding hydrogens is 312 g/mol. The second kappa shape index (κ2) is 10.8. The maximum atomic E-state index is 11.9. The molecule has 0 amide bonds. The number of rotatable bonds is 10. The first-order valence-corrected chi connectivity index (χ1v) is 8.45. The first-order chi connectivity index (χ1) is 9.60. The number of unbranched alkanes of at least 4 members (excludes halogenated alkanes) is 2. The summed E-state index contributed by atoms with van der Waals surface area (Å²) in [5.74, 6) is 0.704. The van der Waals surface area contributed by atoms with Crippen molar-refractivity contribution in [1.82, 2.24) is 10.0 Å². The number of ether oxygens (including phenoxy) is 1. The number of benzene rings is 1. The molecule has 0 aliphatic carbocycles. The Kier molecular flexibility index (Phi) is 10.4. The highest BCUT2D eigenvalue weighted by molar-refractivity contribution is 7.89. The summed E-state index contributed by atoms with van der Waals surface area (Å²) in [4.78, 5) is 0.259. The van der Waals surface area contributed by atoms with Gasteiger partial charge in [-0.25, -0.2) is 13.1 Å². The van der Waals surface area contributed by atoms with Crippen LogP contribution in [0.15, 0.2) is 29.2 Å². The van der Waals surface area contributed by atoms with E-state index in [0.29, 0.717) is 25.4 Å². The van der Waals surface area contributed by atoms with Gasteiger partial charge in [-0.05, 0) is 37.7 Å². The predicted molar refractivity (Wildman–Crippen MR) is 87.8 cm³/mol. The molecule has 0 bridgehead atoms. The van der Waals surface area contributed by atoms with Crippen LogP contribution in [-0.4, -0.2) is 35.2 Å². The Morgan fingerprint density at radius 2 is 1.76 bits per heavy atom. The van der Waals surface area contributed by atoms with Gasteiger partial charge in [0.15, 0.2) is 0 Å². The molecule has 0 atom stereocenters. The predicted octanol–water partition coefficient (Wildman–Crippen LogP) is 2.18. The summed E-state index contributed by atoms with van der Waals surface area (Å²) >= 11 is 0. The molecular formula is C14H25ClN2O3S. The maximum absolute atomic E-state index is 11.9. The minimum absolute atomic E-state index is 0. The van der Waals surface area contributed by atoms with Crippen LogP contribution in [0.25, 0.3) is 0 Å². The van der Waals surface area contributed by atoms with Crippen LogP contribution in [0.3, 0.4) is 0 Å². The average molecular weight is 337 g/mol. The van der Waals surface area contributed by atoms with Crippen molar-refractivity contribution in [2.24, 2.45) is 0 Å². The smallest absolute Gasteiger partial charge is 0.240 e. The summed E-state index contributed by atoms with van der Waals surface area (Å²) in [6.45, 7) is 3.77. The molecule has 1 aromatic rings.